The fraction of sp³-hybridized carbons (Fsp3) is 0.467. The molecule has 37 heavy (non-hydrogen) atoms. The van der Waals surface area contributed by atoms with E-state index in [1.807, 2.05) is 6.07 Å². The molecule has 200 valence electrons. The molecule has 3 rings (SSSR count). The highest BCUT2D eigenvalue weighted by atomic mass is 16.5. The monoisotopic (exact) mass is 508 g/mol. The van der Waals surface area contributed by atoms with Gasteiger partial charge in [-0.15, -0.1) is 0 Å². The molecule has 1 unspecified atom stereocenters. The van der Waals surface area contributed by atoms with Crippen LogP contribution in [-0.2, 0) is 9.59 Å². The maximum Gasteiger partial charge on any atom is 0.295 e. The number of hydrogen-bond acceptors (Lipinski definition) is 6. The van der Waals surface area contributed by atoms with Crippen molar-refractivity contribution in [2.45, 2.75) is 52.0 Å². The van der Waals surface area contributed by atoms with Gasteiger partial charge < -0.3 is 24.4 Å². The van der Waals surface area contributed by atoms with Gasteiger partial charge in [-0.1, -0.05) is 57.0 Å². The predicted octanol–water partition coefficient (Wildman–Crippen LogP) is 5.42. The Balaban J connectivity index is 2.00. The molecule has 1 aliphatic heterocycles. The molecule has 0 aromatic heterocycles. The normalized spacial score (nSPS) is 17.0. The van der Waals surface area contributed by atoms with Crippen molar-refractivity contribution in [3.63, 3.8) is 0 Å². The minimum atomic E-state index is -0.787. The molecule has 1 aliphatic rings. The fourth-order valence-electron chi connectivity index (χ4n) is 4.80. The second-order valence-electron chi connectivity index (χ2n) is 9.37. The third-order valence-electron chi connectivity index (χ3n) is 6.85. The molecule has 7 heteroatoms. The van der Waals surface area contributed by atoms with Gasteiger partial charge in [0.25, 0.3) is 11.7 Å². The first kappa shape index (κ1) is 28.3. The van der Waals surface area contributed by atoms with E-state index in [4.69, 9.17) is 9.47 Å². The van der Waals surface area contributed by atoms with Crippen molar-refractivity contribution in [2.24, 2.45) is 0 Å². The number of amides is 1. The maximum atomic E-state index is 13.4. The van der Waals surface area contributed by atoms with E-state index in [0.717, 1.165) is 45.3 Å². The van der Waals surface area contributed by atoms with E-state index in [1.54, 1.807) is 61.6 Å². The summed E-state index contributed by atoms with van der Waals surface area (Å²) in [5.41, 5.74) is 1.15. The largest absolute Gasteiger partial charge is 0.507 e. The van der Waals surface area contributed by atoms with E-state index in [-0.39, 0.29) is 11.3 Å². The summed E-state index contributed by atoms with van der Waals surface area (Å²) in [6, 6.07) is 13.4. The first-order chi connectivity index (χ1) is 18.0. The Bertz CT molecular complexity index is 1070. The summed E-state index contributed by atoms with van der Waals surface area (Å²) in [6.07, 6.45) is 5.24. The van der Waals surface area contributed by atoms with Crippen LogP contribution in [0, 0.1) is 0 Å². The van der Waals surface area contributed by atoms with Gasteiger partial charge in [0.15, 0.2) is 0 Å². The second kappa shape index (κ2) is 13.8. The van der Waals surface area contributed by atoms with Crippen LogP contribution < -0.4 is 9.47 Å². The summed E-state index contributed by atoms with van der Waals surface area (Å²) in [7, 11) is 3.11. The number of ketones is 1. The van der Waals surface area contributed by atoms with Gasteiger partial charge in [0.1, 0.15) is 17.3 Å². The minimum Gasteiger partial charge on any atom is -0.507 e. The van der Waals surface area contributed by atoms with Gasteiger partial charge in [-0.2, -0.15) is 0 Å². The van der Waals surface area contributed by atoms with Crippen molar-refractivity contribution in [3.8, 4) is 11.5 Å². The van der Waals surface area contributed by atoms with E-state index >= 15 is 0 Å². The van der Waals surface area contributed by atoms with Crippen molar-refractivity contribution in [1.29, 1.82) is 0 Å². The summed E-state index contributed by atoms with van der Waals surface area (Å²) < 4.78 is 11.1. The van der Waals surface area contributed by atoms with Crippen molar-refractivity contribution < 1.29 is 24.2 Å². The molecule has 0 saturated carbocycles. The fourth-order valence-corrected chi connectivity index (χ4v) is 4.80. The number of carbonyl (C=O) groups is 2. The Morgan fingerprint density at radius 1 is 0.919 bits per heavy atom. The smallest absolute Gasteiger partial charge is 0.295 e. The standard InChI is InChI=1S/C30H40N2O5/c1-5-7-17-31(18-8-6-2)19-12-20-32-27(24-21-23(36-3)15-16-25(24)37-4)26(29(34)30(32)35)28(33)22-13-10-9-11-14-22/h9-11,13-16,21,27,33H,5-8,12,17-20H2,1-4H3/b28-26+. The highest BCUT2D eigenvalue weighted by Gasteiger charge is 2.47. The zero-order valence-electron chi connectivity index (χ0n) is 22.5. The zero-order chi connectivity index (χ0) is 26.8. The third kappa shape index (κ3) is 6.72. The SMILES string of the molecule is CCCCN(CCCC)CCCN1C(=O)C(=O)/C(=C(/O)c2ccccc2)C1c1cc(OC)ccc1OC. The molecule has 1 amide bonds. The molecule has 1 heterocycles. The number of ether oxygens (including phenoxy) is 2. The third-order valence-corrected chi connectivity index (χ3v) is 6.85. The molecular weight excluding hydrogens is 468 g/mol. The molecule has 2 aromatic carbocycles. The van der Waals surface area contributed by atoms with Crippen molar-refractivity contribution >= 4 is 17.4 Å². The lowest BCUT2D eigenvalue weighted by atomic mass is 9.94. The van der Waals surface area contributed by atoms with Crippen molar-refractivity contribution in [1.82, 2.24) is 9.80 Å². The van der Waals surface area contributed by atoms with Gasteiger partial charge in [-0.25, -0.2) is 0 Å². The second-order valence-corrected chi connectivity index (χ2v) is 9.37. The van der Waals surface area contributed by atoms with Crippen LogP contribution in [-0.4, -0.2) is 67.0 Å². The van der Waals surface area contributed by atoms with Gasteiger partial charge >= 0.3 is 0 Å². The van der Waals surface area contributed by atoms with Gasteiger partial charge in [0, 0.05) is 17.7 Å². The molecule has 0 spiro atoms. The summed E-state index contributed by atoms with van der Waals surface area (Å²) in [6.45, 7) is 7.64. The molecule has 1 N–H and O–H groups in total. The van der Waals surface area contributed by atoms with Gasteiger partial charge in [-0.3, -0.25) is 9.59 Å². The number of hydrogen-bond donors (Lipinski definition) is 1. The van der Waals surface area contributed by atoms with Gasteiger partial charge in [-0.05, 0) is 57.1 Å². The summed E-state index contributed by atoms with van der Waals surface area (Å²) in [5, 5.41) is 11.3. The lowest BCUT2D eigenvalue weighted by Crippen LogP contribution is -2.34. The Labute approximate surface area is 220 Å². The van der Waals surface area contributed by atoms with Crippen molar-refractivity contribution in [3.05, 3.63) is 65.2 Å². The van der Waals surface area contributed by atoms with Crippen molar-refractivity contribution in [2.75, 3.05) is 40.4 Å². The topological polar surface area (TPSA) is 79.3 Å². The number of unbranched alkanes of at least 4 members (excludes halogenated alkanes) is 2. The van der Waals surface area contributed by atoms with Crippen LogP contribution in [0.25, 0.3) is 5.76 Å². The minimum absolute atomic E-state index is 0.0663. The van der Waals surface area contributed by atoms with E-state index < -0.39 is 17.7 Å². The number of nitrogens with zero attached hydrogens (tertiary/aromatic N) is 2. The predicted molar refractivity (Wildman–Crippen MR) is 146 cm³/mol. The van der Waals surface area contributed by atoms with E-state index in [1.165, 1.54) is 0 Å². The average Bonchev–Trinajstić information content (AvgIpc) is 3.18. The maximum absolute atomic E-state index is 13.4. The lowest BCUT2D eigenvalue weighted by Gasteiger charge is -2.28. The number of benzene rings is 2. The van der Waals surface area contributed by atoms with Crippen LogP contribution in [0.1, 0.15) is 63.1 Å². The van der Waals surface area contributed by atoms with E-state index in [2.05, 4.69) is 18.7 Å². The first-order valence-corrected chi connectivity index (χ1v) is 13.2. The average molecular weight is 509 g/mol. The van der Waals surface area contributed by atoms with E-state index in [9.17, 15) is 14.7 Å². The van der Waals surface area contributed by atoms with Gasteiger partial charge in [0.05, 0.1) is 25.8 Å². The lowest BCUT2D eigenvalue weighted by molar-refractivity contribution is -0.140. The molecule has 2 aromatic rings. The zero-order valence-corrected chi connectivity index (χ0v) is 22.5. The number of likely N-dealkylation sites (tertiary alicyclic amines) is 1. The Morgan fingerprint density at radius 2 is 1.57 bits per heavy atom. The Kier molecular flexibility index (Phi) is 10.6. The number of methoxy groups -OCH3 is 2. The van der Waals surface area contributed by atoms with E-state index in [0.29, 0.717) is 35.6 Å². The van der Waals surface area contributed by atoms with Crippen LogP contribution in [0.2, 0.25) is 0 Å². The van der Waals surface area contributed by atoms with Gasteiger partial charge in [0.2, 0.25) is 0 Å². The van der Waals surface area contributed by atoms with Crippen LogP contribution >= 0.6 is 0 Å². The number of rotatable bonds is 14. The molecule has 0 aliphatic carbocycles. The Morgan fingerprint density at radius 3 is 2.16 bits per heavy atom. The summed E-state index contributed by atoms with van der Waals surface area (Å²) in [5.74, 6) is -0.398. The molecule has 0 bridgehead atoms. The Hall–Kier alpha value is -3.32. The molecule has 1 saturated heterocycles. The number of aliphatic hydroxyl groups excluding tert-OH is 1. The summed E-state index contributed by atoms with van der Waals surface area (Å²) in [4.78, 5) is 30.7. The van der Waals surface area contributed by atoms with Crippen LogP contribution in [0.15, 0.2) is 54.1 Å². The number of aliphatic hydroxyl groups is 1. The number of carbonyl (C=O) groups excluding carboxylic acids is 2. The first-order valence-electron chi connectivity index (χ1n) is 13.2. The highest BCUT2D eigenvalue weighted by Crippen LogP contribution is 2.43. The number of Topliss-reactive ketones (excluding diaryl/α,β-unsaturated/α-hetero) is 1. The van der Waals surface area contributed by atoms with Crippen LogP contribution in [0.3, 0.4) is 0 Å². The molecule has 7 nitrogen and oxygen atoms in total. The van der Waals surface area contributed by atoms with Crippen LogP contribution in [0.5, 0.6) is 11.5 Å². The highest BCUT2D eigenvalue weighted by molar-refractivity contribution is 6.46. The quantitative estimate of drug-likeness (QED) is 0.209. The molecule has 0 radical (unpaired) electrons. The summed E-state index contributed by atoms with van der Waals surface area (Å²) >= 11 is 0. The molecule has 1 fully saturated rings. The van der Waals surface area contributed by atoms with Crippen LogP contribution in [0.4, 0.5) is 0 Å². The molecule has 1 atom stereocenters. The molecular formula is C30H40N2O5.